The molecule has 0 spiro atoms. The van der Waals surface area contributed by atoms with E-state index in [1.54, 1.807) is 0 Å². The summed E-state index contributed by atoms with van der Waals surface area (Å²) in [6, 6.07) is -1.20. The highest BCUT2D eigenvalue weighted by Gasteiger charge is 2.35. The maximum absolute atomic E-state index is 10.9. The number of carboxylic acids is 1. The minimum atomic E-state index is -3.95. The number of nitrogens with two attached hydrogens (primary N) is 1. The lowest BCUT2D eigenvalue weighted by atomic mass is 10.3. The van der Waals surface area contributed by atoms with E-state index in [-0.39, 0.29) is 19.8 Å². The molecule has 1 aliphatic rings. The van der Waals surface area contributed by atoms with Crippen molar-refractivity contribution in [1.29, 1.82) is 0 Å². The normalized spacial score (nSPS) is 25.8. The van der Waals surface area contributed by atoms with Gasteiger partial charge in [0.25, 0.3) is 10.2 Å². The fourth-order valence-corrected chi connectivity index (χ4v) is 1.92. The van der Waals surface area contributed by atoms with Crippen molar-refractivity contribution in [2.24, 2.45) is 5.14 Å². The quantitative estimate of drug-likeness (QED) is 0.546. The Morgan fingerprint density at radius 3 is 2.62 bits per heavy atom. The molecule has 0 bridgehead atoms. The van der Waals surface area contributed by atoms with E-state index in [1.807, 2.05) is 0 Å². The molecule has 8 heteroatoms. The van der Waals surface area contributed by atoms with Gasteiger partial charge in [-0.1, -0.05) is 0 Å². The molecular weight excluding hydrogens is 200 g/mol. The molecule has 1 aliphatic heterocycles. The van der Waals surface area contributed by atoms with Gasteiger partial charge in [0.15, 0.2) is 0 Å². The van der Waals surface area contributed by atoms with Crippen molar-refractivity contribution in [3.05, 3.63) is 0 Å². The van der Waals surface area contributed by atoms with Gasteiger partial charge in [0.1, 0.15) is 6.04 Å². The van der Waals surface area contributed by atoms with Crippen LogP contribution in [0.1, 0.15) is 0 Å². The Morgan fingerprint density at radius 1 is 1.62 bits per heavy atom. The van der Waals surface area contributed by atoms with Crippen LogP contribution in [0.5, 0.6) is 0 Å². The van der Waals surface area contributed by atoms with E-state index in [0.29, 0.717) is 0 Å². The highest BCUT2D eigenvalue weighted by Crippen LogP contribution is 2.09. The van der Waals surface area contributed by atoms with Gasteiger partial charge in [-0.2, -0.15) is 12.7 Å². The Balaban J connectivity index is 2.86. The Kier molecular flexibility index (Phi) is 2.86. The van der Waals surface area contributed by atoms with Gasteiger partial charge < -0.3 is 9.84 Å². The number of carbonyl (C=O) groups is 1. The summed E-state index contributed by atoms with van der Waals surface area (Å²) in [6.07, 6.45) is 0. The summed E-state index contributed by atoms with van der Waals surface area (Å²) in [4.78, 5) is 10.6. The van der Waals surface area contributed by atoms with Gasteiger partial charge in [-0.05, 0) is 0 Å². The molecule has 0 aromatic heterocycles. The third kappa shape index (κ3) is 2.37. The molecule has 7 nitrogen and oxygen atoms in total. The molecule has 0 amide bonds. The van der Waals surface area contributed by atoms with Crippen molar-refractivity contribution in [1.82, 2.24) is 4.31 Å². The van der Waals surface area contributed by atoms with Crippen LogP contribution in [-0.2, 0) is 19.7 Å². The van der Waals surface area contributed by atoms with Crippen LogP contribution in [0.15, 0.2) is 0 Å². The van der Waals surface area contributed by atoms with Gasteiger partial charge >= 0.3 is 5.97 Å². The Labute approximate surface area is 75.3 Å². The van der Waals surface area contributed by atoms with Gasteiger partial charge in [-0.3, -0.25) is 4.79 Å². The molecule has 1 atom stereocenters. The van der Waals surface area contributed by atoms with Crippen molar-refractivity contribution < 1.29 is 23.1 Å². The number of morpholine rings is 1. The summed E-state index contributed by atoms with van der Waals surface area (Å²) >= 11 is 0. The Hall–Kier alpha value is -0.700. The monoisotopic (exact) mass is 210 g/mol. The van der Waals surface area contributed by atoms with Crippen molar-refractivity contribution in [3.8, 4) is 0 Å². The zero-order chi connectivity index (χ0) is 10.1. The fourth-order valence-electron chi connectivity index (χ4n) is 1.09. The molecule has 3 N–H and O–H groups in total. The summed E-state index contributed by atoms with van der Waals surface area (Å²) < 4.78 is 27.3. The standard InChI is InChI=1S/C5H10N2O5S/c6-13(10,11)7-1-2-12-3-4(7)5(8)9/h4H,1-3H2,(H,8,9)(H2,6,10,11). The number of carboxylic acid groups (broad SMARTS) is 1. The van der Waals surface area contributed by atoms with Crippen LogP contribution in [0.25, 0.3) is 0 Å². The Bertz CT molecular complexity index is 300. The van der Waals surface area contributed by atoms with Gasteiger partial charge in [0.05, 0.1) is 13.2 Å². The van der Waals surface area contributed by atoms with Crippen molar-refractivity contribution in [2.75, 3.05) is 19.8 Å². The summed E-state index contributed by atoms with van der Waals surface area (Å²) in [5, 5.41) is 13.4. The van der Waals surface area contributed by atoms with E-state index in [0.717, 1.165) is 4.31 Å². The smallest absolute Gasteiger partial charge is 0.324 e. The summed E-state index contributed by atoms with van der Waals surface area (Å²) in [7, 11) is -3.95. The second kappa shape index (κ2) is 3.58. The third-order valence-corrected chi connectivity index (χ3v) is 2.78. The minimum absolute atomic E-state index is 0.0181. The molecular formula is C5H10N2O5S. The molecule has 0 aromatic carbocycles. The van der Waals surface area contributed by atoms with Crippen molar-refractivity contribution in [3.63, 3.8) is 0 Å². The zero-order valence-electron chi connectivity index (χ0n) is 6.71. The van der Waals surface area contributed by atoms with E-state index in [2.05, 4.69) is 0 Å². The molecule has 1 saturated heterocycles. The molecule has 0 saturated carbocycles. The average molecular weight is 210 g/mol. The van der Waals surface area contributed by atoms with Crippen LogP contribution in [0.3, 0.4) is 0 Å². The first-order chi connectivity index (χ1) is 5.93. The summed E-state index contributed by atoms with van der Waals surface area (Å²) in [5.74, 6) is -1.26. The van der Waals surface area contributed by atoms with Crippen LogP contribution in [0.4, 0.5) is 0 Å². The van der Waals surface area contributed by atoms with Gasteiger partial charge in [0, 0.05) is 6.54 Å². The summed E-state index contributed by atoms with van der Waals surface area (Å²) in [6.45, 7) is -0.0121. The topological polar surface area (TPSA) is 110 Å². The van der Waals surface area contributed by atoms with Crippen LogP contribution < -0.4 is 5.14 Å². The van der Waals surface area contributed by atoms with Gasteiger partial charge in [-0.15, -0.1) is 0 Å². The number of hydrogen-bond acceptors (Lipinski definition) is 4. The van der Waals surface area contributed by atoms with Crippen LogP contribution in [0.2, 0.25) is 0 Å². The van der Waals surface area contributed by atoms with E-state index < -0.39 is 22.2 Å². The summed E-state index contributed by atoms with van der Waals surface area (Å²) in [5.41, 5.74) is 0. The molecule has 0 aliphatic carbocycles. The molecule has 0 radical (unpaired) electrons. The SMILES string of the molecule is NS(=O)(=O)N1CCOCC1C(=O)O. The third-order valence-electron chi connectivity index (χ3n) is 1.69. The van der Waals surface area contributed by atoms with Crippen LogP contribution in [-0.4, -0.2) is 49.6 Å². The maximum Gasteiger partial charge on any atom is 0.324 e. The largest absolute Gasteiger partial charge is 0.480 e. The molecule has 0 aromatic rings. The molecule has 1 rings (SSSR count). The molecule has 1 unspecified atom stereocenters. The first-order valence-electron chi connectivity index (χ1n) is 3.53. The number of aliphatic carboxylic acids is 1. The lowest BCUT2D eigenvalue weighted by Crippen LogP contribution is -2.54. The van der Waals surface area contributed by atoms with E-state index in [9.17, 15) is 13.2 Å². The average Bonchev–Trinajstić information content (AvgIpc) is 2.03. The highest BCUT2D eigenvalue weighted by molar-refractivity contribution is 7.86. The number of ether oxygens (including phenoxy) is 1. The zero-order valence-corrected chi connectivity index (χ0v) is 7.53. The number of rotatable bonds is 2. The first-order valence-corrected chi connectivity index (χ1v) is 5.03. The second-order valence-electron chi connectivity index (χ2n) is 2.58. The van der Waals surface area contributed by atoms with E-state index in [4.69, 9.17) is 15.0 Å². The maximum atomic E-state index is 10.9. The predicted molar refractivity (Wildman–Crippen MR) is 42.1 cm³/mol. The first kappa shape index (κ1) is 10.4. The van der Waals surface area contributed by atoms with Crippen molar-refractivity contribution in [2.45, 2.75) is 6.04 Å². The lowest BCUT2D eigenvalue weighted by Gasteiger charge is -2.29. The van der Waals surface area contributed by atoms with Gasteiger partial charge in [0.2, 0.25) is 0 Å². The van der Waals surface area contributed by atoms with E-state index >= 15 is 0 Å². The van der Waals surface area contributed by atoms with E-state index in [1.165, 1.54) is 0 Å². The number of hydrogen-bond donors (Lipinski definition) is 2. The molecule has 1 fully saturated rings. The molecule has 76 valence electrons. The fraction of sp³-hybridized carbons (Fsp3) is 0.800. The second-order valence-corrected chi connectivity index (χ2v) is 4.08. The molecule has 1 heterocycles. The van der Waals surface area contributed by atoms with Crippen LogP contribution >= 0.6 is 0 Å². The van der Waals surface area contributed by atoms with Crippen LogP contribution in [0, 0.1) is 0 Å². The van der Waals surface area contributed by atoms with Crippen molar-refractivity contribution >= 4 is 16.2 Å². The number of nitrogens with zero attached hydrogens (tertiary/aromatic N) is 1. The van der Waals surface area contributed by atoms with Gasteiger partial charge in [-0.25, -0.2) is 5.14 Å². The minimum Gasteiger partial charge on any atom is -0.480 e. The highest BCUT2D eigenvalue weighted by atomic mass is 32.2. The lowest BCUT2D eigenvalue weighted by molar-refractivity contribution is -0.146. The molecule has 13 heavy (non-hydrogen) atoms. The predicted octanol–water partition coefficient (Wildman–Crippen LogP) is -2.02. The Morgan fingerprint density at radius 2 is 2.23 bits per heavy atom.